The number of rotatable bonds is 5. The molecular formula is C18H16ClN3OS. The number of aryl methyl sites for hydroxylation is 1. The van der Waals surface area contributed by atoms with Gasteiger partial charge in [0.25, 0.3) is 0 Å². The fourth-order valence-corrected chi connectivity index (χ4v) is 3.26. The highest BCUT2D eigenvalue weighted by Gasteiger charge is 2.10. The van der Waals surface area contributed by atoms with Gasteiger partial charge in [0, 0.05) is 16.0 Å². The number of amides is 1. The summed E-state index contributed by atoms with van der Waals surface area (Å²) >= 11 is 7.58. The smallest absolute Gasteiger partial charge is 0.246 e. The molecule has 0 aliphatic rings. The Kier molecular flexibility index (Phi) is 5.23. The van der Waals surface area contributed by atoms with Crippen LogP contribution in [0.15, 0.2) is 70.6 Å². The number of nitrogens with zero attached hydrogens (tertiary/aromatic N) is 2. The van der Waals surface area contributed by atoms with Crippen LogP contribution in [0.2, 0.25) is 5.02 Å². The van der Waals surface area contributed by atoms with Crippen molar-refractivity contribution < 1.29 is 4.79 Å². The molecular weight excluding hydrogens is 342 g/mol. The fourth-order valence-electron chi connectivity index (χ4n) is 2.19. The SMILES string of the molecule is Cc1nn(CC(=O)Nc2ccccc2Sc2ccccc2)cc1Cl. The van der Waals surface area contributed by atoms with E-state index in [0.717, 1.165) is 15.5 Å². The first kappa shape index (κ1) is 16.6. The number of hydrogen-bond acceptors (Lipinski definition) is 3. The van der Waals surface area contributed by atoms with Gasteiger partial charge < -0.3 is 5.32 Å². The Labute approximate surface area is 149 Å². The van der Waals surface area contributed by atoms with Gasteiger partial charge in [-0.25, -0.2) is 0 Å². The molecule has 0 saturated heterocycles. The number of aromatic nitrogens is 2. The highest BCUT2D eigenvalue weighted by molar-refractivity contribution is 7.99. The molecule has 1 amide bonds. The van der Waals surface area contributed by atoms with E-state index in [9.17, 15) is 4.79 Å². The van der Waals surface area contributed by atoms with Crippen LogP contribution in [0.4, 0.5) is 5.69 Å². The third kappa shape index (κ3) is 4.19. The Balaban J connectivity index is 1.71. The minimum Gasteiger partial charge on any atom is -0.323 e. The number of benzene rings is 2. The molecule has 0 fully saturated rings. The van der Waals surface area contributed by atoms with Gasteiger partial charge in [-0.15, -0.1) is 0 Å². The first-order valence-corrected chi connectivity index (χ1v) is 8.62. The van der Waals surface area contributed by atoms with E-state index in [1.807, 2.05) is 61.5 Å². The van der Waals surface area contributed by atoms with Crippen LogP contribution in [-0.4, -0.2) is 15.7 Å². The largest absolute Gasteiger partial charge is 0.323 e. The molecule has 0 aliphatic heterocycles. The number of anilines is 1. The normalized spacial score (nSPS) is 10.6. The topological polar surface area (TPSA) is 46.9 Å². The number of carbonyl (C=O) groups is 1. The lowest BCUT2D eigenvalue weighted by atomic mass is 10.3. The first-order valence-electron chi connectivity index (χ1n) is 7.43. The van der Waals surface area contributed by atoms with Gasteiger partial charge in [0.15, 0.2) is 0 Å². The summed E-state index contributed by atoms with van der Waals surface area (Å²) in [4.78, 5) is 14.4. The molecule has 3 rings (SSSR count). The Morgan fingerprint density at radius 3 is 2.58 bits per heavy atom. The number of nitrogens with one attached hydrogen (secondary N) is 1. The minimum atomic E-state index is -0.143. The third-order valence-corrected chi connectivity index (χ3v) is 4.78. The predicted molar refractivity (Wildman–Crippen MR) is 97.6 cm³/mol. The van der Waals surface area contributed by atoms with E-state index in [1.165, 1.54) is 0 Å². The Morgan fingerprint density at radius 1 is 1.17 bits per heavy atom. The standard InChI is InChI=1S/C18H16ClN3OS/c1-13-15(19)11-22(21-13)12-18(23)20-16-9-5-6-10-17(16)24-14-7-3-2-4-8-14/h2-11H,12H2,1H3,(H,20,23). The van der Waals surface area contributed by atoms with Crippen LogP contribution in [0.5, 0.6) is 0 Å². The summed E-state index contributed by atoms with van der Waals surface area (Å²) in [6, 6.07) is 17.8. The molecule has 2 aromatic carbocycles. The Morgan fingerprint density at radius 2 is 1.88 bits per heavy atom. The zero-order valence-electron chi connectivity index (χ0n) is 13.1. The van der Waals surface area contributed by atoms with Crippen LogP contribution in [0, 0.1) is 6.92 Å². The van der Waals surface area contributed by atoms with E-state index in [-0.39, 0.29) is 12.5 Å². The van der Waals surface area contributed by atoms with Gasteiger partial charge in [-0.2, -0.15) is 5.10 Å². The molecule has 0 aliphatic carbocycles. The van der Waals surface area contributed by atoms with Crippen LogP contribution in [-0.2, 0) is 11.3 Å². The van der Waals surface area contributed by atoms with Gasteiger partial charge in [-0.1, -0.05) is 53.7 Å². The van der Waals surface area contributed by atoms with Crippen molar-refractivity contribution in [3.05, 3.63) is 71.5 Å². The zero-order valence-corrected chi connectivity index (χ0v) is 14.6. The van der Waals surface area contributed by atoms with Crippen LogP contribution >= 0.6 is 23.4 Å². The molecule has 0 bridgehead atoms. The van der Waals surface area contributed by atoms with E-state index < -0.39 is 0 Å². The lowest BCUT2D eigenvalue weighted by Gasteiger charge is -2.11. The van der Waals surface area contributed by atoms with Crippen molar-refractivity contribution in [1.29, 1.82) is 0 Å². The number of para-hydroxylation sites is 1. The van der Waals surface area contributed by atoms with Crippen LogP contribution in [0.1, 0.15) is 5.69 Å². The summed E-state index contributed by atoms with van der Waals surface area (Å²) in [7, 11) is 0. The van der Waals surface area contributed by atoms with E-state index in [0.29, 0.717) is 10.7 Å². The van der Waals surface area contributed by atoms with Crippen LogP contribution in [0.3, 0.4) is 0 Å². The average Bonchev–Trinajstić information content (AvgIpc) is 2.88. The lowest BCUT2D eigenvalue weighted by molar-refractivity contribution is -0.116. The molecule has 6 heteroatoms. The number of carbonyl (C=O) groups excluding carboxylic acids is 1. The fraction of sp³-hybridized carbons (Fsp3) is 0.111. The molecule has 1 heterocycles. The van der Waals surface area contributed by atoms with Gasteiger partial charge in [0.1, 0.15) is 6.54 Å². The van der Waals surface area contributed by atoms with Crippen molar-refractivity contribution in [1.82, 2.24) is 9.78 Å². The molecule has 1 aromatic heterocycles. The Hall–Kier alpha value is -2.24. The molecule has 4 nitrogen and oxygen atoms in total. The molecule has 1 N–H and O–H groups in total. The molecule has 0 unspecified atom stereocenters. The molecule has 0 atom stereocenters. The molecule has 0 radical (unpaired) electrons. The summed E-state index contributed by atoms with van der Waals surface area (Å²) in [5.41, 5.74) is 1.50. The van der Waals surface area contributed by atoms with E-state index in [1.54, 1.807) is 22.6 Å². The van der Waals surface area contributed by atoms with Crippen LogP contribution < -0.4 is 5.32 Å². The van der Waals surface area contributed by atoms with E-state index in [2.05, 4.69) is 10.4 Å². The van der Waals surface area contributed by atoms with Crippen molar-refractivity contribution in [2.45, 2.75) is 23.3 Å². The van der Waals surface area contributed by atoms with Crippen molar-refractivity contribution in [2.75, 3.05) is 5.32 Å². The monoisotopic (exact) mass is 357 g/mol. The summed E-state index contributed by atoms with van der Waals surface area (Å²) in [6.07, 6.45) is 1.65. The highest BCUT2D eigenvalue weighted by atomic mass is 35.5. The summed E-state index contributed by atoms with van der Waals surface area (Å²) in [5.74, 6) is -0.143. The van der Waals surface area contributed by atoms with Crippen LogP contribution in [0.25, 0.3) is 0 Å². The Bertz CT molecular complexity index is 829. The van der Waals surface area contributed by atoms with Gasteiger partial charge in [0.05, 0.1) is 16.4 Å². The maximum atomic E-state index is 12.3. The van der Waals surface area contributed by atoms with Gasteiger partial charge in [0.2, 0.25) is 5.91 Å². The second-order valence-corrected chi connectivity index (χ2v) is 6.74. The number of halogens is 1. The first-order chi connectivity index (χ1) is 11.6. The zero-order chi connectivity index (χ0) is 16.9. The molecule has 24 heavy (non-hydrogen) atoms. The highest BCUT2D eigenvalue weighted by Crippen LogP contribution is 2.33. The minimum absolute atomic E-state index is 0.123. The second-order valence-electron chi connectivity index (χ2n) is 5.22. The van der Waals surface area contributed by atoms with E-state index in [4.69, 9.17) is 11.6 Å². The molecule has 122 valence electrons. The average molecular weight is 358 g/mol. The lowest BCUT2D eigenvalue weighted by Crippen LogP contribution is -2.19. The second kappa shape index (κ2) is 7.55. The van der Waals surface area contributed by atoms with Crippen molar-refractivity contribution in [3.63, 3.8) is 0 Å². The van der Waals surface area contributed by atoms with E-state index >= 15 is 0 Å². The number of hydrogen-bond donors (Lipinski definition) is 1. The summed E-state index contributed by atoms with van der Waals surface area (Å²) < 4.78 is 1.54. The summed E-state index contributed by atoms with van der Waals surface area (Å²) in [5, 5.41) is 7.70. The third-order valence-electron chi connectivity index (χ3n) is 3.32. The van der Waals surface area contributed by atoms with Gasteiger partial charge >= 0.3 is 0 Å². The maximum absolute atomic E-state index is 12.3. The van der Waals surface area contributed by atoms with Crippen molar-refractivity contribution in [2.24, 2.45) is 0 Å². The maximum Gasteiger partial charge on any atom is 0.246 e. The van der Waals surface area contributed by atoms with Crippen molar-refractivity contribution in [3.8, 4) is 0 Å². The quantitative estimate of drug-likeness (QED) is 0.723. The van der Waals surface area contributed by atoms with Gasteiger partial charge in [-0.3, -0.25) is 9.48 Å². The predicted octanol–water partition coefficient (Wildman–Crippen LogP) is 4.63. The molecule has 0 spiro atoms. The molecule has 3 aromatic rings. The summed E-state index contributed by atoms with van der Waals surface area (Å²) in [6.45, 7) is 1.93. The molecule has 0 saturated carbocycles. The van der Waals surface area contributed by atoms with Crippen molar-refractivity contribution >= 4 is 35.0 Å². The van der Waals surface area contributed by atoms with Gasteiger partial charge in [-0.05, 0) is 31.2 Å².